The lowest BCUT2D eigenvalue weighted by molar-refractivity contribution is 0.166. The molecule has 0 aliphatic heterocycles. The van der Waals surface area contributed by atoms with Crippen LogP contribution >= 0.6 is 0 Å². The van der Waals surface area contributed by atoms with Crippen LogP contribution in [0.1, 0.15) is 39.3 Å². The number of benzene rings is 1. The highest BCUT2D eigenvalue weighted by atomic mass is 15.3. The van der Waals surface area contributed by atoms with Gasteiger partial charge in [-0.25, -0.2) is 0 Å². The molecule has 1 fully saturated rings. The predicted molar refractivity (Wildman–Crippen MR) is 88.5 cm³/mol. The van der Waals surface area contributed by atoms with E-state index >= 15 is 0 Å². The fraction of sp³-hybridized carbons (Fsp3) is 0.611. The minimum absolute atomic E-state index is 0.589. The Morgan fingerprint density at radius 1 is 1.24 bits per heavy atom. The first-order valence-corrected chi connectivity index (χ1v) is 8.36. The molecular weight excluding hydrogens is 258 g/mol. The summed E-state index contributed by atoms with van der Waals surface area (Å²) in [5, 5.41) is 9.80. The van der Waals surface area contributed by atoms with Crippen molar-refractivity contribution < 1.29 is 0 Å². The average molecular weight is 285 g/mol. The SMILES string of the molecule is CCn1nc(CC2CCC2CNC(C)C)c2ccccc21. The minimum Gasteiger partial charge on any atom is -0.314 e. The first-order valence-electron chi connectivity index (χ1n) is 8.36. The van der Waals surface area contributed by atoms with Gasteiger partial charge in [0.2, 0.25) is 0 Å². The molecule has 0 radical (unpaired) electrons. The van der Waals surface area contributed by atoms with E-state index < -0.39 is 0 Å². The number of para-hydroxylation sites is 1. The van der Waals surface area contributed by atoms with Crippen LogP contribution in [0.25, 0.3) is 10.9 Å². The first kappa shape index (κ1) is 14.6. The van der Waals surface area contributed by atoms with E-state index in [-0.39, 0.29) is 0 Å². The van der Waals surface area contributed by atoms with E-state index in [0.29, 0.717) is 6.04 Å². The fourth-order valence-corrected chi connectivity index (χ4v) is 3.40. The molecule has 1 aliphatic carbocycles. The summed E-state index contributed by atoms with van der Waals surface area (Å²) in [4.78, 5) is 0. The quantitative estimate of drug-likeness (QED) is 0.878. The van der Waals surface area contributed by atoms with Crippen molar-refractivity contribution in [2.45, 2.75) is 52.6 Å². The molecule has 1 aromatic carbocycles. The molecule has 21 heavy (non-hydrogen) atoms. The van der Waals surface area contributed by atoms with Gasteiger partial charge < -0.3 is 5.32 Å². The number of nitrogens with one attached hydrogen (secondary N) is 1. The maximum Gasteiger partial charge on any atom is 0.0706 e. The summed E-state index contributed by atoms with van der Waals surface area (Å²) in [5.41, 5.74) is 2.58. The summed E-state index contributed by atoms with van der Waals surface area (Å²) < 4.78 is 2.14. The van der Waals surface area contributed by atoms with Gasteiger partial charge >= 0.3 is 0 Å². The van der Waals surface area contributed by atoms with E-state index in [2.05, 4.69) is 55.0 Å². The highest BCUT2D eigenvalue weighted by molar-refractivity contribution is 5.81. The summed E-state index contributed by atoms with van der Waals surface area (Å²) in [5.74, 6) is 1.64. The van der Waals surface area contributed by atoms with Crippen molar-refractivity contribution in [3.05, 3.63) is 30.0 Å². The smallest absolute Gasteiger partial charge is 0.0706 e. The van der Waals surface area contributed by atoms with Crippen molar-refractivity contribution in [2.75, 3.05) is 6.54 Å². The molecule has 1 saturated carbocycles. The molecule has 3 heteroatoms. The van der Waals surface area contributed by atoms with Gasteiger partial charge in [-0.2, -0.15) is 5.10 Å². The molecule has 114 valence electrons. The number of nitrogens with zero attached hydrogens (tertiary/aromatic N) is 2. The molecule has 2 atom stereocenters. The number of aromatic nitrogens is 2. The van der Waals surface area contributed by atoms with Crippen molar-refractivity contribution in [3.63, 3.8) is 0 Å². The van der Waals surface area contributed by atoms with Crippen LogP contribution in [-0.2, 0) is 13.0 Å². The van der Waals surface area contributed by atoms with Gasteiger partial charge in [-0.05, 0) is 50.6 Å². The second-order valence-electron chi connectivity index (χ2n) is 6.64. The standard InChI is InChI=1S/C18H27N3/c1-4-21-18-8-6-5-7-16(18)17(20-21)11-14-9-10-15(14)12-19-13(2)3/h5-8,13-15,19H,4,9-12H2,1-3H3. The normalized spacial score (nSPS) is 21.9. The predicted octanol–water partition coefficient (Wildman–Crippen LogP) is 3.62. The van der Waals surface area contributed by atoms with Crippen molar-refractivity contribution in [1.29, 1.82) is 0 Å². The zero-order chi connectivity index (χ0) is 14.8. The van der Waals surface area contributed by atoms with Gasteiger partial charge in [0.05, 0.1) is 11.2 Å². The largest absolute Gasteiger partial charge is 0.314 e. The van der Waals surface area contributed by atoms with Crippen LogP contribution in [0.2, 0.25) is 0 Å². The van der Waals surface area contributed by atoms with Gasteiger partial charge in [0.15, 0.2) is 0 Å². The van der Waals surface area contributed by atoms with Crippen LogP contribution in [0.15, 0.2) is 24.3 Å². The Balaban J connectivity index is 1.73. The topological polar surface area (TPSA) is 29.9 Å². The van der Waals surface area contributed by atoms with E-state index in [4.69, 9.17) is 5.10 Å². The summed E-state index contributed by atoms with van der Waals surface area (Å²) in [6.45, 7) is 8.73. The Hall–Kier alpha value is -1.35. The minimum atomic E-state index is 0.589. The fourth-order valence-electron chi connectivity index (χ4n) is 3.40. The van der Waals surface area contributed by atoms with Crippen LogP contribution in [0.5, 0.6) is 0 Å². The van der Waals surface area contributed by atoms with Gasteiger partial charge in [0.25, 0.3) is 0 Å². The number of hydrogen-bond acceptors (Lipinski definition) is 2. The van der Waals surface area contributed by atoms with Crippen molar-refractivity contribution in [1.82, 2.24) is 15.1 Å². The van der Waals surface area contributed by atoms with E-state index in [9.17, 15) is 0 Å². The second-order valence-corrected chi connectivity index (χ2v) is 6.64. The molecule has 3 rings (SSSR count). The van der Waals surface area contributed by atoms with Crippen molar-refractivity contribution in [2.24, 2.45) is 11.8 Å². The number of rotatable bonds is 6. The van der Waals surface area contributed by atoms with Crippen molar-refractivity contribution >= 4 is 10.9 Å². The van der Waals surface area contributed by atoms with Crippen LogP contribution < -0.4 is 5.32 Å². The summed E-state index contributed by atoms with van der Waals surface area (Å²) >= 11 is 0. The Morgan fingerprint density at radius 3 is 2.67 bits per heavy atom. The lowest BCUT2D eigenvalue weighted by atomic mass is 9.71. The highest BCUT2D eigenvalue weighted by Crippen LogP contribution is 2.37. The molecule has 1 aliphatic rings. The molecule has 0 bridgehead atoms. The lowest BCUT2D eigenvalue weighted by Gasteiger charge is -2.37. The summed E-state index contributed by atoms with van der Waals surface area (Å²) in [6, 6.07) is 9.24. The summed E-state index contributed by atoms with van der Waals surface area (Å²) in [7, 11) is 0. The van der Waals surface area contributed by atoms with Crippen LogP contribution in [0.4, 0.5) is 0 Å². The first-order chi connectivity index (χ1) is 10.2. The van der Waals surface area contributed by atoms with E-state index in [1.165, 1.54) is 29.4 Å². The van der Waals surface area contributed by atoms with Gasteiger partial charge in [0.1, 0.15) is 0 Å². The Morgan fingerprint density at radius 2 is 2.00 bits per heavy atom. The second kappa shape index (κ2) is 6.18. The molecule has 0 saturated heterocycles. The third-order valence-electron chi connectivity index (χ3n) is 4.85. The maximum absolute atomic E-state index is 4.86. The third-order valence-corrected chi connectivity index (χ3v) is 4.85. The van der Waals surface area contributed by atoms with E-state index in [0.717, 1.165) is 31.3 Å². The molecular formula is C18H27N3. The molecule has 0 amide bonds. The van der Waals surface area contributed by atoms with Crippen LogP contribution in [-0.4, -0.2) is 22.4 Å². The van der Waals surface area contributed by atoms with Crippen LogP contribution in [0.3, 0.4) is 0 Å². The van der Waals surface area contributed by atoms with Crippen LogP contribution in [0, 0.1) is 11.8 Å². The van der Waals surface area contributed by atoms with E-state index in [1.807, 2.05) is 0 Å². The summed E-state index contributed by atoms with van der Waals surface area (Å²) in [6.07, 6.45) is 3.87. The molecule has 2 unspecified atom stereocenters. The third kappa shape index (κ3) is 2.98. The molecule has 3 nitrogen and oxygen atoms in total. The number of fused-ring (bicyclic) bond motifs is 1. The van der Waals surface area contributed by atoms with Gasteiger partial charge in [0, 0.05) is 18.0 Å². The Labute approximate surface area is 127 Å². The van der Waals surface area contributed by atoms with Gasteiger partial charge in [-0.3, -0.25) is 4.68 Å². The molecule has 0 spiro atoms. The lowest BCUT2D eigenvalue weighted by Crippen LogP contribution is -2.38. The number of hydrogen-bond donors (Lipinski definition) is 1. The Bertz CT molecular complexity index is 600. The van der Waals surface area contributed by atoms with Crippen molar-refractivity contribution in [3.8, 4) is 0 Å². The number of aryl methyl sites for hydroxylation is 1. The molecule has 1 N–H and O–H groups in total. The zero-order valence-corrected chi connectivity index (χ0v) is 13.5. The van der Waals surface area contributed by atoms with Gasteiger partial charge in [-0.15, -0.1) is 0 Å². The molecule has 2 aromatic rings. The van der Waals surface area contributed by atoms with Gasteiger partial charge in [-0.1, -0.05) is 32.0 Å². The maximum atomic E-state index is 4.86. The monoisotopic (exact) mass is 285 g/mol. The van der Waals surface area contributed by atoms with E-state index in [1.54, 1.807) is 0 Å². The highest BCUT2D eigenvalue weighted by Gasteiger charge is 2.31. The zero-order valence-electron chi connectivity index (χ0n) is 13.5. The molecule has 1 aromatic heterocycles. The Kier molecular flexibility index (Phi) is 4.29. The molecule has 1 heterocycles. The average Bonchev–Trinajstić information content (AvgIpc) is 2.81.